The number of halogens is 1. The van der Waals surface area contributed by atoms with E-state index >= 15 is 0 Å². The summed E-state index contributed by atoms with van der Waals surface area (Å²) in [7, 11) is -3.43. The van der Waals surface area contributed by atoms with Gasteiger partial charge in [-0.05, 0) is 31.4 Å². The molecular weight excluding hydrogens is 328 g/mol. The summed E-state index contributed by atoms with van der Waals surface area (Å²) in [6, 6.07) is 2.08. The van der Waals surface area contributed by atoms with Crippen LogP contribution in [0.2, 0.25) is 4.34 Å². The summed E-state index contributed by atoms with van der Waals surface area (Å²) in [5.74, 6) is 0. The molecule has 0 saturated carbocycles. The van der Waals surface area contributed by atoms with E-state index in [1.807, 2.05) is 6.92 Å². The first-order valence-electron chi connectivity index (χ1n) is 7.33. The molecule has 4 nitrogen and oxygen atoms in total. The molecule has 0 bridgehead atoms. The first-order valence-corrected chi connectivity index (χ1v) is 9.97. The van der Waals surface area contributed by atoms with Gasteiger partial charge in [-0.1, -0.05) is 31.9 Å². The quantitative estimate of drug-likeness (QED) is 0.886. The first kappa shape index (κ1) is 17.2. The summed E-state index contributed by atoms with van der Waals surface area (Å²) in [4.78, 5) is 0. The highest BCUT2D eigenvalue weighted by Gasteiger charge is 2.34. The maximum absolute atomic E-state index is 12.9. The molecule has 1 aromatic heterocycles. The van der Waals surface area contributed by atoms with Gasteiger partial charge in [0.2, 0.25) is 0 Å². The Kier molecular flexibility index (Phi) is 5.71. The average molecular weight is 351 g/mol. The third-order valence-corrected chi connectivity index (χ3v) is 7.69. The van der Waals surface area contributed by atoms with Crippen molar-refractivity contribution in [3.8, 4) is 0 Å². The number of aryl methyl sites for hydroxylation is 1. The van der Waals surface area contributed by atoms with E-state index in [0.29, 0.717) is 27.7 Å². The topological polar surface area (TPSA) is 49.4 Å². The van der Waals surface area contributed by atoms with Crippen molar-refractivity contribution in [2.75, 3.05) is 13.1 Å². The standard InChI is InChI=1S/C14H23ClN2O2S2/c1-10(2)16-9-12-6-4-5-7-17(12)21(18,19)13-8-11(3)14(15)20-13/h8,10,12,16H,4-7,9H2,1-3H3. The van der Waals surface area contributed by atoms with Gasteiger partial charge in [0.15, 0.2) is 0 Å². The summed E-state index contributed by atoms with van der Waals surface area (Å²) < 4.78 is 28.3. The highest BCUT2D eigenvalue weighted by Crippen LogP contribution is 2.34. The van der Waals surface area contributed by atoms with Crippen LogP contribution < -0.4 is 5.32 Å². The summed E-state index contributed by atoms with van der Waals surface area (Å²) in [6.07, 6.45) is 2.92. The third-order valence-electron chi connectivity index (χ3n) is 3.73. The van der Waals surface area contributed by atoms with Crippen molar-refractivity contribution in [3.05, 3.63) is 16.0 Å². The molecule has 1 aliphatic heterocycles. The van der Waals surface area contributed by atoms with Crippen molar-refractivity contribution in [1.82, 2.24) is 9.62 Å². The Morgan fingerprint density at radius 2 is 2.19 bits per heavy atom. The molecule has 1 unspecified atom stereocenters. The zero-order valence-electron chi connectivity index (χ0n) is 12.7. The molecular formula is C14H23ClN2O2S2. The first-order chi connectivity index (χ1) is 9.82. The van der Waals surface area contributed by atoms with Gasteiger partial charge in [-0.15, -0.1) is 11.3 Å². The van der Waals surface area contributed by atoms with Crippen LogP contribution in [0.5, 0.6) is 0 Å². The fourth-order valence-electron chi connectivity index (χ4n) is 2.54. The minimum absolute atomic E-state index is 0.0346. The smallest absolute Gasteiger partial charge is 0.252 e. The second-order valence-electron chi connectivity index (χ2n) is 5.85. The summed E-state index contributed by atoms with van der Waals surface area (Å²) in [5.41, 5.74) is 0.828. The number of nitrogens with zero attached hydrogens (tertiary/aromatic N) is 1. The molecule has 1 aromatic rings. The van der Waals surface area contributed by atoms with Gasteiger partial charge in [-0.3, -0.25) is 0 Å². The Labute approximate surface area is 136 Å². The number of nitrogens with one attached hydrogen (secondary N) is 1. The molecule has 0 aliphatic carbocycles. The largest absolute Gasteiger partial charge is 0.313 e. The van der Waals surface area contributed by atoms with Crippen LogP contribution in [0.4, 0.5) is 0 Å². The molecule has 0 amide bonds. The minimum Gasteiger partial charge on any atom is -0.313 e. The van der Waals surface area contributed by atoms with E-state index < -0.39 is 10.0 Å². The van der Waals surface area contributed by atoms with Crippen LogP contribution in [0.3, 0.4) is 0 Å². The Balaban J connectivity index is 2.22. The number of hydrogen-bond acceptors (Lipinski definition) is 4. The lowest BCUT2D eigenvalue weighted by Crippen LogP contribution is -2.49. The van der Waals surface area contributed by atoms with Gasteiger partial charge < -0.3 is 5.32 Å². The predicted molar refractivity (Wildman–Crippen MR) is 88.7 cm³/mol. The number of hydrogen-bond donors (Lipinski definition) is 1. The highest BCUT2D eigenvalue weighted by molar-refractivity contribution is 7.91. The fraction of sp³-hybridized carbons (Fsp3) is 0.714. The lowest BCUT2D eigenvalue weighted by atomic mass is 10.0. The Morgan fingerprint density at radius 3 is 2.76 bits per heavy atom. The van der Waals surface area contributed by atoms with Crippen molar-refractivity contribution in [3.63, 3.8) is 0 Å². The molecule has 120 valence electrons. The minimum atomic E-state index is -3.43. The van der Waals surface area contributed by atoms with Gasteiger partial charge in [0.05, 0.1) is 4.34 Å². The van der Waals surface area contributed by atoms with Crippen LogP contribution in [0.15, 0.2) is 10.3 Å². The molecule has 1 atom stereocenters. The molecule has 0 spiro atoms. The second kappa shape index (κ2) is 6.96. The molecule has 0 radical (unpaired) electrons. The summed E-state index contributed by atoms with van der Waals surface area (Å²) in [5, 5.41) is 3.36. The van der Waals surface area contributed by atoms with E-state index in [2.05, 4.69) is 19.2 Å². The Hall–Kier alpha value is -0.140. The zero-order chi connectivity index (χ0) is 15.6. The lowest BCUT2D eigenvalue weighted by Gasteiger charge is -2.34. The number of rotatable bonds is 5. The van der Waals surface area contributed by atoms with E-state index in [0.717, 1.165) is 36.2 Å². The Morgan fingerprint density at radius 1 is 1.48 bits per heavy atom. The number of thiophene rings is 1. The van der Waals surface area contributed by atoms with Gasteiger partial charge in [-0.2, -0.15) is 4.31 Å². The maximum atomic E-state index is 12.9. The highest BCUT2D eigenvalue weighted by atomic mass is 35.5. The van der Waals surface area contributed by atoms with Gasteiger partial charge in [0.25, 0.3) is 10.0 Å². The van der Waals surface area contributed by atoms with Crippen LogP contribution in [-0.2, 0) is 10.0 Å². The van der Waals surface area contributed by atoms with Gasteiger partial charge in [0.1, 0.15) is 4.21 Å². The van der Waals surface area contributed by atoms with Crippen LogP contribution in [0, 0.1) is 6.92 Å². The normalized spacial score (nSPS) is 21.1. The molecule has 1 saturated heterocycles. The van der Waals surface area contributed by atoms with Crippen LogP contribution in [-0.4, -0.2) is 37.9 Å². The summed E-state index contributed by atoms with van der Waals surface area (Å²) in [6.45, 7) is 7.29. The van der Waals surface area contributed by atoms with Crippen LogP contribution in [0.25, 0.3) is 0 Å². The molecule has 21 heavy (non-hydrogen) atoms. The molecule has 2 heterocycles. The molecule has 2 rings (SSSR count). The zero-order valence-corrected chi connectivity index (χ0v) is 15.1. The molecule has 1 N–H and O–H groups in total. The van der Waals surface area contributed by atoms with Crippen LogP contribution >= 0.6 is 22.9 Å². The van der Waals surface area contributed by atoms with E-state index in [1.54, 1.807) is 10.4 Å². The number of piperidine rings is 1. The second-order valence-corrected chi connectivity index (χ2v) is 9.62. The van der Waals surface area contributed by atoms with E-state index in [1.165, 1.54) is 0 Å². The van der Waals surface area contributed by atoms with E-state index in [9.17, 15) is 8.42 Å². The third kappa shape index (κ3) is 3.99. The van der Waals surface area contributed by atoms with E-state index in [-0.39, 0.29) is 6.04 Å². The van der Waals surface area contributed by atoms with Crippen molar-refractivity contribution < 1.29 is 8.42 Å². The summed E-state index contributed by atoms with van der Waals surface area (Å²) >= 11 is 7.19. The number of sulfonamides is 1. The van der Waals surface area contributed by atoms with Crippen molar-refractivity contribution in [2.24, 2.45) is 0 Å². The maximum Gasteiger partial charge on any atom is 0.252 e. The van der Waals surface area contributed by atoms with Gasteiger partial charge in [0, 0.05) is 25.2 Å². The lowest BCUT2D eigenvalue weighted by molar-refractivity contribution is 0.242. The molecule has 7 heteroatoms. The molecule has 1 fully saturated rings. The van der Waals surface area contributed by atoms with Crippen molar-refractivity contribution in [2.45, 2.75) is 56.3 Å². The van der Waals surface area contributed by atoms with E-state index in [4.69, 9.17) is 11.6 Å². The predicted octanol–water partition coefficient (Wildman–Crippen LogP) is 3.25. The monoisotopic (exact) mass is 350 g/mol. The van der Waals surface area contributed by atoms with Gasteiger partial charge in [-0.25, -0.2) is 8.42 Å². The van der Waals surface area contributed by atoms with Crippen molar-refractivity contribution >= 4 is 33.0 Å². The van der Waals surface area contributed by atoms with Crippen LogP contribution in [0.1, 0.15) is 38.7 Å². The molecule has 1 aliphatic rings. The SMILES string of the molecule is Cc1cc(S(=O)(=O)N2CCCCC2CNC(C)C)sc1Cl. The Bertz CT molecular complexity index is 564. The molecule has 0 aromatic carbocycles. The fourth-order valence-corrected chi connectivity index (χ4v) is 6.07. The average Bonchev–Trinajstić information content (AvgIpc) is 2.77. The van der Waals surface area contributed by atoms with Gasteiger partial charge >= 0.3 is 0 Å². The van der Waals surface area contributed by atoms with Crippen molar-refractivity contribution in [1.29, 1.82) is 0 Å².